The van der Waals surface area contributed by atoms with Crippen LogP contribution in [-0.4, -0.2) is 33.2 Å². The fraction of sp³-hybridized carbons (Fsp3) is 0.111. The molecule has 0 amide bonds. The average molecular weight is 204 g/mol. The van der Waals surface area contributed by atoms with Gasteiger partial charge in [0.25, 0.3) is 0 Å². The molecule has 0 bridgehead atoms. The number of methoxy groups -OCH3 is 1. The predicted octanol–water partition coefficient (Wildman–Crippen LogP) is 0.653. The van der Waals surface area contributed by atoms with Crippen LogP contribution in [0.1, 0.15) is 10.4 Å². The first-order chi connectivity index (χ1) is 7.33. The highest BCUT2D eigenvalue weighted by molar-refractivity contribution is 5.94. The van der Waals surface area contributed by atoms with Crippen molar-refractivity contribution in [3.05, 3.63) is 30.2 Å². The van der Waals surface area contributed by atoms with E-state index in [0.29, 0.717) is 17.1 Å². The van der Waals surface area contributed by atoms with Gasteiger partial charge in [0.15, 0.2) is 5.82 Å². The van der Waals surface area contributed by atoms with Crippen molar-refractivity contribution in [1.29, 1.82) is 0 Å². The van der Waals surface area contributed by atoms with Gasteiger partial charge in [-0.15, -0.1) is 0 Å². The van der Waals surface area contributed by atoms with E-state index in [1.165, 1.54) is 13.3 Å². The van der Waals surface area contributed by atoms with Crippen molar-refractivity contribution in [2.45, 2.75) is 0 Å². The molecule has 0 spiro atoms. The minimum atomic E-state index is -0.466. The Labute approximate surface area is 85.3 Å². The van der Waals surface area contributed by atoms with E-state index >= 15 is 0 Å². The SMILES string of the molecule is COC(=O)c1cn[nH]c1-c1ncccn1. The number of carbonyl (C=O) groups is 1. The van der Waals surface area contributed by atoms with Crippen LogP contribution in [0.2, 0.25) is 0 Å². The quantitative estimate of drug-likeness (QED) is 0.726. The van der Waals surface area contributed by atoms with Gasteiger partial charge in [-0.1, -0.05) is 0 Å². The van der Waals surface area contributed by atoms with Crippen molar-refractivity contribution in [3.8, 4) is 11.5 Å². The van der Waals surface area contributed by atoms with Crippen LogP contribution in [0.4, 0.5) is 0 Å². The zero-order valence-electron chi connectivity index (χ0n) is 7.97. The maximum atomic E-state index is 11.3. The minimum absolute atomic E-state index is 0.323. The van der Waals surface area contributed by atoms with Crippen molar-refractivity contribution in [3.63, 3.8) is 0 Å². The Morgan fingerprint density at radius 3 is 2.80 bits per heavy atom. The normalized spacial score (nSPS) is 9.93. The lowest BCUT2D eigenvalue weighted by molar-refractivity contribution is 0.0601. The van der Waals surface area contributed by atoms with Gasteiger partial charge >= 0.3 is 5.97 Å². The van der Waals surface area contributed by atoms with Gasteiger partial charge in [-0.3, -0.25) is 5.10 Å². The Bertz CT molecular complexity index is 466. The molecule has 0 unspecified atom stereocenters. The Morgan fingerprint density at radius 1 is 1.40 bits per heavy atom. The summed E-state index contributed by atoms with van der Waals surface area (Å²) in [7, 11) is 1.31. The summed E-state index contributed by atoms with van der Waals surface area (Å²) in [5, 5.41) is 6.42. The summed E-state index contributed by atoms with van der Waals surface area (Å²) in [6, 6.07) is 1.69. The number of rotatable bonds is 2. The van der Waals surface area contributed by atoms with Gasteiger partial charge in [0.2, 0.25) is 0 Å². The van der Waals surface area contributed by atoms with Crippen LogP contribution in [0, 0.1) is 0 Å². The highest BCUT2D eigenvalue weighted by Crippen LogP contribution is 2.16. The fourth-order valence-corrected chi connectivity index (χ4v) is 1.15. The number of carbonyl (C=O) groups excluding carboxylic acids is 1. The highest BCUT2D eigenvalue weighted by atomic mass is 16.5. The molecule has 0 aromatic carbocycles. The molecule has 76 valence electrons. The molecule has 0 aliphatic carbocycles. The van der Waals surface area contributed by atoms with Crippen LogP contribution in [0.15, 0.2) is 24.7 Å². The first-order valence-electron chi connectivity index (χ1n) is 4.22. The molecule has 0 atom stereocenters. The van der Waals surface area contributed by atoms with Crippen molar-refractivity contribution in [2.75, 3.05) is 7.11 Å². The van der Waals surface area contributed by atoms with Gasteiger partial charge in [-0.2, -0.15) is 5.10 Å². The first-order valence-corrected chi connectivity index (χ1v) is 4.22. The molecular formula is C9H8N4O2. The van der Waals surface area contributed by atoms with Crippen LogP contribution in [0.3, 0.4) is 0 Å². The van der Waals surface area contributed by atoms with Crippen LogP contribution in [0.5, 0.6) is 0 Å². The van der Waals surface area contributed by atoms with E-state index in [2.05, 4.69) is 24.9 Å². The standard InChI is InChI=1S/C9H8N4O2/c1-15-9(14)6-5-12-13-7(6)8-10-3-2-4-11-8/h2-5H,1H3,(H,12,13). The van der Waals surface area contributed by atoms with Crippen molar-refractivity contribution >= 4 is 5.97 Å². The van der Waals surface area contributed by atoms with E-state index in [1.54, 1.807) is 18.5 Å². The van der Waals surface area contributed by atoms with E-state index < -0.39 is 5.97 Å². The number of hydrogen-bond acceptors (Lipinski definition) is 5. The van der Waals surface area contributed by atoms with Gasteiger partial charge in [0.05, 0.1) is 13.3 Å². The monoisotopic (exact) mass is 204 g/mol. The zero-order valence-corrected chi connectivity index (χ0v) is 7.97. The van der Waals surface area contributed by atoms with Crippen LogP contribution in [0.25, 0.3) is 11.5 Å². The van der Waals surface area contributed by atoms with Crippen molar-refractivity contribution in [2.24, 2.45) is 0 Å². The maximum Gasteiger partial charge on any atom is 0.341 e. The molecule has 15 heavy (non-hydrogen) atoms. The van der Waals surface area contributed by atoms with Gasteiger partial charge in [-0.05, 0) is 6.07 Å². The topological polar surface area (TPSA) is 80.8 Å². The van der Waals surface area contributed by atoms with E-state index in [0.717, 1.165) is 0 Å². The number of H-pyrrole nitrogens is 1. The van der Waals surface area contributed by atoms with Gasteiger partial charge < -0.3 is 4.74 Å². The third-order valence-electron chi connectivity index (χ3n) is 1.83. The first kappa shape index (κ1) is 9.32. The smallest absolute Gasteiger partial charge is 0.341 e. The number of aromatic amines is 1. The molecule has 6 nitrogen and oxygen atoms in total. The van der Waals surface area contributed by atoms with E-state index in [1.807, 2.05) is 0 Å². The lowest BCUT2D eigenvalue weighted by Crippen LogP contribution is -2.02. The third-order valence-corrected chi connectivity index (χ3v) is 1.83. The van der Waals surface area contributed by atoms with E-state index in [4.69, 9.17) is 0 Å². The number of ether oxygens (including phenoxy) is 1. The van der Waals surface area contributed by atoms with E-state index in [9.17, 15) is 4.79 Å². The van der Waals surface area contributed by atoms with Gasteiger partial charge in [0, 0.05) is 12.4 Å². The van der Waals surface area contributed by atoms with Gasteiger partial charge in [-0.25, -0.2) is 14.8 Å². The Balaban J connectivity index is 2.46. The Kier molecular flexibility index (Phi) is 2.40. The average Bonchev–Trinajstić information content (AvgIpc) is 2.78. The number of esters is 1. The number of nitrogens with zero attached hydrogens (tertiary/aromatic N) is 3. The number of hydrogen-bond donors (Lipinski definition) is 1. The van der Waals surface area contributed by atoms with Crippen molar-refractivity contribution < 1.29 is 9.53 Å². The summed E-state index contributed by atoms with van der Waals surface area (Å²) < 4.78 is 4.60. The third kappa shape index (κ3) is 1.69. The van der Waals surface area contributed by atoms with Crippen LogP contribution < -0.4 is 0 Å². The summed E-state index contributed by atoms with van der Waals surface area (Å²) in [5.74, 6) is -0.0541. The Hall–Kier alpha value is -2.24. The number of nitrogens with one attached hydrogen (secondary N) is 1. The number of aromatic nitrogens is 4. The summed E-state index contributed by atoms with van der Waals surface area (Å²) in [6.45, 7) is 0. The molecule has 0 aliphatic rings. The second-order valence-corrected chi connectivity index (χ2v) is 2.72. The summed E-state index contributed by atoms with van der Waals surface area (Å²) >= 11 is 0. The van der Waals surface area contributed by atoms with Crippen LogP contribution in [-0.2, 0) is 4.74 Å². The molecular weight excluding hydrogens is 196 g/mol. The molecule has 0 fully saturated rings. The summed E-state index contributed by atoms with van der Waals surface area (Å²) in [4.78, 5) is 19.3. The molecule has 2 rings (SSSR count). The molecule has 0 saturated heterocycles. The molecule has 0 aliphatic heterocycles. The van der Waals surface area contributed by atoms with Gasteiger partial charge in [0.1, 0.15) is 11.3 Å². The maximum absolute atomic E-state index is 11.3. The molecule has 0 radical (unpaired) electrons. The zero-order chi connectivity index (χ0) is 10.7. The largest absolute Gasteiger partial charge is 0.465 e. The molecule has 6 heteroatoms. The molecule has 1 N–H and O–H groups in total. The summed E-state index contributed by atoms with van der Waals surface area (Å²) in [5.41, 5.74) is 0.783. The lowest BCUT2D eigenvalue weighted by Gasteiger charge is -1.98. The molecule has 2 aromatic heterocycles. The lowest BCUT2D eigenvalue weighted by atomic mass is 10.2. The molecule has 2 heterocycles. The summed E-state index contributed by atoms with van der Waals surface area (Å²) in [6.07, 6.45) is 4.56. The second kappa shape index (κ2) is 3.87. The second-order valence-electron chi connectivity index (χ2n) is 2.72. The molecule has 0 saturated carbocycles. The Morgan fingerprint density at radius 2 is 2.13 bits per heavy atom. The molecule has 2 aromatic rings. The van der Waals surface area contributed by atoms with Crippen LogP contribution >= 0.6 is 0 Å². The fourth-order valence-electron chi connectivity index (χ4n) is 1.15. The van der Waals surface area contributed by atoms with Crippen molar-refractivity contribution in [1.82, 2.24) is 20.2 Å². The van der Waals surface area contributed by atoms with E-state index in [-0.39, 0.29) is 0 Å². The minimum Gasteiger partial charge on any atom is -0.465 e. The predicted molar refractivity (Wildman–Crippen MR) is 51.0 cm³/mol. The highest BCUT2D eigenvalue weighted by Gasteiger charge is 2.16.